The van der Waals surface area contributed by atoms with E-state index in [0.29, 0.717) is 11.8 Å². The molecule has 3 heteroatoms. The highest BCUT2D eigenvalue weighted by molar-refractivity contribution is 5.82. The van der Waals surface area contributed by atoms with E-state index in [1.165, 1.54) is 12.7 Å². The van der Waals surface area contributed by atoms with Crippen LogP contribution in [0.1, 0.15) is 66.2 Å². The highest BCUT2D eigenvalue weighted by Crippen LogP contribution is 2.61. The van der Waals surface area contributed by atoms with Gasteiger partial charge in [0.1, 0.15) is 0 Å². The molecule has 0 heterocycles. The lowest BCUT2D eigenvalue weighted by atomic mass is 9.46. The van der Waals surface area contributed by atoms with Crippen LogP contribution in [0, 0.1) is 22.7 Å². The Balaban J connectivity index is 2.17. The quantitative estimate of drug-likeness (QED) is 0.462. The molecule has 3 nitrogen and oxygen atoms in total. The van der Waals surface area contributed by atoms with Gasteiger partial charge in [0.2, 0.25) is 0 Å². The second kappa shape index (κ2) is 7.03. The minimum Gasteiger partial charge on any atom is -0.466 e. The van der Waals surface area contributed by atoms with Crippen molar-refractivity contribution in [1.29, 1.82) is 0 Å². The number of methoxy groups -OCH3 is 1. The van der Waals surface area contributed by atoms with Gasteiger partial charge in [-0.3, -0.25) is 0 Å². The van der Waals surface area contributed by atoms with Gasteiger partial charge in [0.25, 0.3) is 0 Å². The summed E-state index contributed by atoms with van der Waals surface area (Å²) in [4.78, 5) is 11.4. The molecular weight excluding hydrogens is 300 g/mol. The zero-order valence-corrected chi connectivity index (χ0v) is 16.0. The maximum atomic E-state index is 11.4. The Morgan fingerprint density at radius 1 is 1.38 bits per heavy atom. The van der Waals surface area contributed by atoms with Gasteiger partial charge in [-0.25, -0.2) is 4.79 Å². The second-order valence-corrected chi connectivity index (χ2v) is 8.74. The largest absolute Gasteiger partial charge is 0.466 e. The van der Waals surface area contributed by atoms with E-state index in [2.05, 4.69) is 27.4 Å². The molecule has 0 aromatic heterocycles. The molecule has 0 radical (unpaired) electrons. The molecule has 0 spiro atoms. The van der Waals surface area contributed by atoms with E-state index in [1.54, 1.807) is 6.08 Å². The fraction of sp³-hybridized carbons (Fsp3) is 0.762. The lowest BCUT2D eigenvalue weighted by molar-refractivity contribution is -0.134. The van der Waals surface area contributed by atoms with Crippen LogP contribution in [0.4, 0.5) is 0 Å². The van der Waals surface area contributed by atoms with Crippen molar-refractivity contribution in [3.8, 4) is 0 Å². The Hall–Kier alpha value is -1.09. The van der Waals surface area contributed by atoms with E-state index >= 15 is 0 Å². The Bertz CT molecular complexity index is 531. The molecular formula is C21H34O3. The number of hydrogen-bond acceptors (Lipinski definition) is 3. The fourth-order valence-corrected chi connectivity index (χ4v) is 5.40. The lowest BCUT2D eigenvalue weighted by Gasteiger charge is -2.59. The van der Waals surface area contributed by atoms with Crippen LogP contribution < -0.4 is 0 Å². The standard InChI is InChI=1S/C21H34O3/c1-14(13-19(23)24-6)7-9-16-15(2)8-10-17-20(3,4)18(22)11-12-21(16,17)5/h13,16-18,22H,2,7-12H2,1,3-6H3/b14-13+. The van der Waals surface area contributed by atoms with E-state index in [4.69, 9.17) is 4.74 Å². The summed E-state index contributed by atoms with van der Waals surface area (Å²) in [6.45, 7) is 13.2. The number of esters is 1. The number of aliphatic hydroxyl groups is 1. The summed E-state index contributed by atoms with van der Waals surface area (Å²) in [6, 6.07) is 0. The molecule has 0 aliphatic heterocycles. The highest BCUT2D eigenvalue weighted by atomic mass is 16.5. The van der Waals surface area contributed by atoms with E-state index in [1.807, 2.05) is 6.92 Å². The lowest BCUT2D eigenvalue weighted by Crippen LogP contribution is -2.54. The average molecular weight is 335 g/mol. The molecule has 2 aliphatic rings. The van der Waals surface area contributed by atoms with Crippen molar-refractivity contribution in [2.45, 2.75) is 72.3 Å². The molecule has 1 N–H and O–H groups in total. The molecule has 4 atom stereocenters. The molecule has 2 fully saturated rings. The Kier molecular flexibility index (Phi) is 5.64. The van der Waals surface area contributed by atoms with Crippen molar-refractivity contribution in [1.82, 2.24) is 0 Å². The number of rotatable bonds is 4. The predicted molar refractivity (Wildman–Crippen MR) is 97.5 cm³/mol. The first-order valence-corrected chi connectivity index (χ1v) is 9.23. The minimum absolute atomic E-state index is 0.0388. The summed E-state index contributed by atoms with van der Waals surface area (Å²) in [5, 5.41) is 10.5. The van der Waals surface area contributed by atoms with Crippen LogP contribution >= 0.6 is 0 Å². The third-order valence-electron chi connectivity index (χ3n) is 6.95. The second-order valence-electron chi connectivity index (χ2n) is 8.74. The van der Waals surface area contributed by atoms with Crippen molar-refractivity contribution in [3.05, 3.63) is 23.8 Å². The summed E-state index contributed by atoms with van der Waals surface area (Å²) in [6.07, 6.45) is 7.44. The molecule has 136 valence electrons. The molecule has 0 aromatic rings. The maximum absolute atomic E-state index is 11.4. The van der Waals surface area contributed by atoms with E-state index in [0.717, 1.165) is 44.1 Å². The van der Waals surface area contributed by atoms with Gasteiger partial charge in [-0.1, -0.05) is 38.5 Å². The van der Waals surface area contributed by atoms with Crippen molar-refractivity contribution < 1.29 is 14.6 Å². The van der Waals surface area contributed by atoms with Crippen LogP contribution in [0.3, 0.4) is 0 Å². The van der Waals surface area contributed by atoms with Gasteiger partial charge in [0, 0.05) is 6.08 Å². The van der Waals surface area contributed by atoms with Gasteiger partial charge in [-0.05, 0) is 68.1 Å². The molecule has 0 saturated heterocycles. The van der Waals surface area contributed by atoms with Crippen molar-refractivity contribution in [2.24, 2.45) is 22.7 Å². The first kappa shape index (κ1) is 19.2. The van der Waals surface area contributed by atoms with Gasteiger partial charge >= 0.3 is 5.97 Å². The molecule has 2 aliphatic carbocycles. The van der Waals surface area contributed by atoms with Crippen LogP contribution in [-0.2, 0) is 9.53 Å². The third-order valence-corrected chi connectivity index (χ3v) is 6.95. The zero-order chi connectivity index (χ0) is 18.1. The number of ether oxygens (including phenoxy) is 1. The summed E-state index contributed by atoms with van der Waals surface area (Å²) < 4.78 is 4.72. The van der Waals surface area contributed by atoms with Gasteiger partial charge < -0.3 is 9.84 Å². The molecule has 2 saturated carbocycles. The number of hydrogen-bond donors (Lipinski definition) is 1. The van der Waals surface area contributed by atoms with Gasteiger partial charge in [0.15, 0.2) is 0 Å². The summed E-state index contributed by atoms with van der Waals surface area (Å²) in [5.41, 5.74) is 2.58. The average Bonchev–Trinajstić information content (AvgIpc) is 2.50. The Morgan fingerprint density at radius 2 is 2.04 bits per heavy atom. The van der Waals surface area contributed by atoms with Crippen LogP contribution in [0.25, 0.3) is 0 Å². The molecule has 2 rings (SSSR count). The van der Waals surface area contributed by atoms with Gasteiger partial charge in [-0.15, -0.1) is 0 Å². The Morgan fingerprint density at radius 3 is 2.67 bits per heavy atom. The monoisotopic (exact) mass is 334 g/mol. The topological polar surface area (TPSA) is 46.5 Å². The molecule has 4 unspecified atom stereocenters. The maximum Gasteiger partial charge on any atom is 0.330 e. The number of allylic oxidation sites excluding steroid dienone is 2. The number of fused-ring (bicyclic) bond motifs is 1. The highest BCUT2D eigenvalue weighted by Gasteiger charge is 2.55. The SMILES string of the molecule is C=C1CCC2C(C)(C)C(O)CCC2(C)C1CC/C(C)=C/C(=O)OC. The van der Waals surface area contributed by atoms with Crippen molar-refractivity contribution in [3.63, 3.8) is 0 Å². The van der Waals surface area contributed by atoms with Crippen LogP contribution in [0.15, 0.2) is 23.8 Å². The summed E-state index contributed by atoms with van der Waals surface area (Å²) in [7, 11) is 1.41. The normalized spacial score (nSPS) is 36.2. The summed E-state index contributed by atoms with van der Waals surface area (Å²) >= 11 is 0. The van der Waals surface area contributed by atoms with E-state index < -0.39 is 0 Å². The fourth-order valence-electron chi connectivity index (χ4n) is 5.40. The zero-order valence-electron chi connectivity index (χ0n) is 16.0. The van der Waals surface area contributed by atoms with Crippen LogP contribution in [-0.4, -0.2) is 24.3 Å². The molecule has 0 amide bonds. The smallest absolute Gasteiger partial charge is 0.330 e. The van der Waals surface area contributed by atoms with E-state index in [-0.39, 0.29) is 22.9 Å². The number of carbonyl (C=O) groups excluding carboxylic acids is 1. The number of aliphatic hydroxyl groups excluding tert-OH is 1. The molecule has 0 bridgehead atoms. The number of carbonyl (C=O) groups is 1. The third kappa shape index (κ3) is 3.46. The molecule has 24 heavy (non-hydrogen) atoms. The minimum atomic E-state index is -0.277. The van der Waals surface area contributed by atoms with Gasteiger partial charge in [0.05, 0.1) is 13.2 Å². The van der Waals surface area contributed by atoms with Gasteiger partial charge in [-0.2, -0.15) is 0 Å². The van der Waals surface area contributed by atoms with Crippen LogP contribution in [0.5, 0.6) is 0 Å². The first-order valence-electron chi connectivity index (χ1n) is 9.23. The van der Waals surface area contributed by atoms with Crippen molar-refractivity contribution in [2.75, 3.05) is 7.11 Å². The predicted octanol–water partition coefficient (Wildman–Crippen LogP) is 4.66. The molecule has 0 aromatic carbocycles. The van der Waals surface area contributed by atoms with Crippen LogP contribution in [0.2, 0.25) is 0 Å². The Labute approximate surface area is 147 Å². The summed E-state index contributed by atoms with van der Waals surface area (Å²) in [5.74, 6) is 0.708. The van der Waals surface area contributed by atoms with Crippen molar-refractivity contribution >= 4 is 5.97 Å². The first-order chi connectivity index (χ1) is 11.1. The van der Waals surface area contributed by atoms with E-state index in [9.17, 15) is 9.90 Å².